The maximum atomic E-state index is 13.0. The Kier molecular flexibility index (Phi) is 6.96. The summed E-state index contributed by atoms with van der Waals surface area (Å²) in [4.78, 5) is 30.0. The summed E-state index contributed by atoms with van der Waals surface area (Å²) in [5, 5.41) is 0. The first-order chi connectivity index (χ1) is 14.7. The van der Waals surface area contributed by atoms with Crippen LogP contribution in [0.4, 0.5) is 0 Å². The predicted molar refractivity (Wildman–Crippen MR) is 118 cm³/mol. The van der Waals surface area contributed by atoms with Gasteiger partial charge in [0.2, 0.25) is 11.8 Å². The molecule has 1 unspecified atom stereocenters. The second-order valence-electron chi connectivity index (χ2n) is 9.25. The van der Waals surface area contributed by atoms with Crippen molar-refractivity contribution in [1.82, 2.24) is 9.80 Å². The van der Waals surface area contributed by atoms with Gasteiger partial charge in [0.25, 0.3) is 0 Å². The van der Waals surface area contributed by atoms with E-state index in [0.29, 0.717) is 18.2 Å². The predicted octanol–water partition coefficient (Wildman–Crippen LogP) is 4.15. The van der Waals surface area contributed by atoms with E-state index in [1.807, 2.05) is 11.0 Å². The number of nitrogens with zero attached hydrogens (tertiary/aromatic N) is 2. The number of methoxy groups -OCH3 is 1. The van der Waals surface area contributed by atoms with Crippen molar-refractivity contribution in [2.24, 2.45) is 5.92 Å². The van der Waals surface area contributed by atoms with Gasteiger partial charge in [-0.1, -0.05) is 18.9 Å². The van der Waals surface area contributed by atoms with Crippen LogP contribution in [0.25, 0.3) is 0 Å². The molecular weight excluding hydrogens is 376 g/mol. The van der Waals surface area contributed by atoms with Crippen molar-refractivity contribution in [3.63, 3.8) is 0 Å². The van der Waals surface area contributed by atoms with Crippen molar-refractivity contribution >= 4 is 11.8 Å². The lowest BCUT2D eigenvalue weighted by Crippen LogP contribution is -2.45. The van der Waals surface area contributed by atoms with Gasteiger partial charge in [-0.05, 0) is 74.1 Å². The Morgan fingerprint density at radius 2 is 1.67 bits per heavy atom. The van der Waals surface area contributed by atoms with Gasteiger partial charge < -0.3 is 14.5 Å². The highest BCUT2D eigenvalue weighted by Gasteiger charge is 2.32. The molecule has 1 atom stereocenters. The van der Waals surface area contributed by atoms with Crippen molar-refractivity contribution < 1.29 is 14.3 Å². The molecule has 0 saturated carbocycles. The van der Waals surface area contributed by atoms with Crippen molar-refractivity contribution in [3.05, 3.63) is 29.3 Å². The van der Waals surface area contributed by atoms with Gasteiger partial charge in [-0.25, -0.2) is 0 Å². The minimum Gasteiger partial charge on any atom is -0.497 e. The molecule has 2 fully saturated rings. The van der Waals surface area contributed by atoms with Gasteiger partial charge in [0.1, 0.15) is 5.75 Å². The number of amides is 2. The van der Waals surface area contributed by atoms with Crippen LogP contribution < -0.4 is 4.74 Å². The zero-order chi connectivity index (χ0) is 20.9. The normalized spacial score (nSPS) is 22.9. The van der Waals surface area contributed by atoms with Crippen molar-refractivity contribution in [2.45, 2.75) is 70.1 Å². The molecule has 5 heteroatoms. The molecular formula is C25H36N2O3. The van der Waals surface area contributed by atoms with E-state index in [4.69, 9.17) is 4.74 Å². The number of aryl methyl sites for hydroxylation is 1. The van der Waals surface area contributed by atoms with Gasteiger partial charge in [0.05, 0.1) is 7.11 Å². The van der Waals surface area contributed by atoms with Gasteiger partial charge in [-0.2, -0.15) is 0 Å². The van der Waals surface area contributed by atoms with E-state index in [9.17, 15) is 9.59 Å². The zero-order valence-corrected chi connectivity index (χ0v) is 18.4. The fraction of sp³-hybridized carbons (Fsp3) is 0.680. The van der Waals surface area contributed by atoms with Crippen molar-refractivity contribution in [2.75, 3.05) is 33.3 Å². The molecule has 3 aliphatic rings. The topological polar surface area (TPSA) is 49.9 Å². The molecule has 30 heavy (non-hydrogen) atoms. The highest BCUT2D eigenvalue weighted by molar-refractivity contribution is 5.80. The summed E-state index contributed by atoms with van der Waals surface area (Å²) < 4.78 is 5.37. The molecule has 0 aromatic heterocycles. The molecule has 1 aromatic rings. The molecule has 2 heterocycles. The van der Waals surface area contributed by atoms with Crippen LogP contribution in [0.3, 0.4) is 0 Å². The van der Waals surface area contributed by atoms with E-state index in [1.54, 1.807) is 7.11 Å². The number of hydrogen-bond acceptors (Lipinski definition) is 3. The van der Waals surface area contributed by atoms with Crippen LogP contribution in [0.15, 0.2) is 18.2 Å². The fourth-order valence-electron chi connectivity index (χ4n) is 5.50. The summed E-state index contributed by atoms with van der Waals surface area (Å²) in [6.07, 6.45) is 10.3. The Balaban J connectivity index is 1.30. The third-order valence-corrected chi connectivity index (χ3v) is 7.32. The molecule has 1 aliphatic carbocycles. The summed E-state index contributed by atoms with van der Waals surface area (Å²) in [6.45, 7) is 3.30. The summed E-state index contributed by atoms with van der Waals surface area (Å²) in [6, 6.07) is 6.30. The number of fused-ring (bicyclic) bond motifs is 1. The average Bonchev–Trinajstić information content (AvgIpc) is 3.08. The standard InChI is InChI=1S/C25H36N2O3/c1-30-22-9-10-23-20(17-22)7-6-8-21(23)18-24(28)26-15-11-19(12-16-26)25(29)27-13-4-2-3-5-14-27/h9-10,17,19,21H,2-8,11-16,18H2,1H3. The summed E-state index contributed by atoms with van der Waals surface area (Å²) in [5.74, 6) is 1.90. The van der Waals surface area contributed by atoms with E-state index in [2.05, 4.69) is 17.0 Å². The maximum Gasteiger partial charge on any atom is 0.225 e. The molecule has 2 aliphatic heterocycles. The molecule has 5 nitrogen and oxygen atoms in total. The Labute approximate surface area is 180 Å². The largest absolute Gasteiger partial charge is 0.497 e. The minimum atomic E-state index is 0.107. The lowest BCUT2D eigenvalue weighted by Gasteiger charge is -2.35. The number of ether oxygens (including phenoxy) is 1. The first-order valence-electron chi connectivity index (χ1n) is 11.9. The van der Waals surface area contributed by atoms with Crippen molar-refractivity contribution in [1.29, 1.82) is 0 Å². The molecule has 2 saturated heterocycles. The second kappa shape index (κ2) is 9.84. The van der Waals surface area contributed by atoms with E-state index in [1.165, 1.54) is 24.0 Å². The molecule has 164 valence electrons. The van der Waals surface area contributed by atoms with E-state index >= 15 is 0 Å². The molecule has 4 rings (SSSR count). The lowest BCUT2D eigenvalue weighted by atomic mass is 9.80. The SMILES string of the molecule is COc1ccc2c(c1)CCCC2CC(=O)N1CCC(C(=O)N2CCCCCC2)CC1. The average molecular weight is 413 g/mol. The molecule has 0 spiro atoms. The third-order valence-electron chi connectivity index (χ3n) is 7.32. The quantitative estimate of drug-likeness (QED) is 0.747. The monoisotopic (exact) mass is 412 g/mol. The van der Waals surface area contributed by atoms with Crippen LogP contribution in [0.2, 0.25) is 0 Å². The lowest BCUT2D eigenvalue weighted by molar-refractivity contribution is -0.141. The summed E-state index contributed by atoms with van der Waals surface area (Å²) in [7, 11) is 1.70. The first-order valence-corrected chi connectivity index (χ1v) is 11.9. The molecule has 0 bridgehead atoms. The number of carbonyl (C=O) groups is 2. The number of carbonyl (C=O) groups excluding carboxylic acids is 2. The molecule has 0 radical (unpaired) electrons. The fourth-order valence-corrected chi connectivity index (χ4v) is 5.50. The Bertz CT molecular complexity index is 747. The van der Waals surface area contributed by atoms with Crippen LogP contribution in [0.1, 0.15) is 74.8 Å². The number of benzene rings is 1. The summed E-state index contributed by atoms with van der Waals surface area (Å²) >= 11 is 0. The molecule has 0 N–H and O–H groups in total. The molecule has 2 amide bonds. The Hall–Kier alpha value is -2.04. The zero-order valence-electron chi connectivity index (χ0n) is 18.4. The highest BCUT2D eigenvalue weighted by Crippen LogP contribution is 2.36. The Morgan fingerprint density at radius 3 is 2.37 bits per heavy atom. The number of rotatable bonds is 4. The number of likely N-dealkylation sites (tertiary alicyclic amines) is 2. The van der Waals surface area contributed by atoms with Gasteiger partial charge in [0.15, 0.2) is 0 Å². The Morgan fingerprint density at radius 1 is 0.933 bits per heavy atom. The first kappa shape index (κ1) is 21.2. The summed E-state index contributed by atoms with van der Waals surface area (Å²) in [5.41, 5.74) is 2.65. The minimum absolute atomic E-state index is 0.107. The van der Waals surface area contributed by atoms with Crippen LogP contribution in [-0.2, 0) is 16.0 Å². The van der Waals surface area contributed by atoms with Crippen LogP contribution in [0, 0.1) is 5.92 Å². The van der Waals surface area contributed by atoms with E-state index < -0.39 is 0 Å². The van der Waals surface area contributed by atoms with Gasteiger partial charge in [-0.3, -0.25) is 9.59 Å². The van der Waals surface area contributed by atoms with E-state index in [-0.39, 0.29) is 11.8 Å². The van der Waals surface area contributed by atoms with Gasteiger partial charge >= 0.3 is 0 Å². The number of hydrogen-bond donors (Lipinski definition) is 0. The van der Waals surface area contributed by atoms with Crippen LogP contribution in [0.5, 0.6) is 5.75 Å². The van der Waals surface area contributed by atoms with Crippen LogP contribution >= 0.6 is 0 Å². The highest BCUT2D eigenvalue weighted by atomic mass is 16.5. The van der Waals surface area contributed by atoms with Gasteiger partial charge in [0, 0.05) is 38.5 Å². The van der Waals surface area contributed by atoms with Crippen LogP contribution in [-0.4, -0.2) is 54.9 Å². The number of piperidine rings is 1. The smallest absolute Gasteiger partial charge is 0.225 e. The van der Waals surface area contributed by atoms with Crippen molar-refractivity contribution in [3.8, 4) is 5.75 Å². The molecule has 1 aromatic carbocycles. The second-order valence-corrected chi connectivity index (χ2v) is 9.25. The third kappa shape index (κ3) is 4.81. The maximum absolute atomic E-state index is 13.0. The van der Waals surface area contributed by atoms with Gasteiger partial charge in [-0.15, -0.1) is 0 Å². The van der Waals surface area contributed by atoms with E-state index in [0.717, 1.165) is 76.9 Å².